The van der Waals surface area contributed by atoms with Crippen LogP contribution in [0.15, 0.2) is 22.7 Å². The van der Waals surface area contributed by atoms with Gasteiger partial charge in [0, 0.05) is 18.9 Å². The zero-order valence-corrected chi connectivity index (χ0v) is 13.6. The van der Waals surface area contributed by atoms with Crippen LogP contribution < -0.4 is 9.47 Å². The maximum Gasteiger partial charge on any atom is 0.199 e. The topological polar surface area (TPSA) is 36.9 Å². The van der Waals surface area contributed by atoms with Crippen molar-refractivity contribution in [2.75, 3.05) is 13.2 Å². The molecule has 5 heteroatoms. The molecule has 2 aliphatic heterocycles. The Kier molecular flexibility index (Phi) is 5.38. The molecule has 0 bridgehead atoms. The number of halogens is 1. The van der Waals surface area contributed by atoms with Gasteiger partial charge in [0.15, 0.2) is 12.6 Å². The average molecular weight is 357 g/mol. The highest BCUT2D eigenvalue weighted by atomic mass is 79.9. The molecule has 0 amide bonds. The highest BCUT2D eigenvalue weighted by molar-refractivity contribution is 9.10. The van der Waals surface area contributed by atoms with Gasteiger partial charge in [-0.2, -0.15) is 0 Å². The molecule has 116 valence electrons. The van der Waals surface area contributed by atoms with Gasteiger partial charge in [0.05, 0.1) is 17.7 Å². The molecule has 4 nitrogen and oxygen atoms in total. The Labute approximate surface area is 133 Å². The minimum absolute atomic E-state index is 0.140. The number of rotatable bonds is 4. The summed E-state index contributed by atoms with van der Waals surface area (Å²) in [4.78, 5) is 0. The quantitative estimate of drug-likeness (QED) is 0.807. The standard InChI is InChI=1S/C16H21BrO4/c17-13-8-7-12(20-15-5-1-3-9-18-15)11-14(13)21-16-6-2-4-10-19-16/h7-8,11,15-16H,1-6,9-10H2/t15-,16-/m0/s1. The Morgan fingerprint density at radius 2 is 1.57 bits per heavy atom. The van der Waals surface area contributed by atoms with Crippen LogP contribution >= 0.6 is 15.9 Å². The fourth-order valence-electron chi connectivity index (χ4n) is 2.55. The normalized spacial score (nSPS) is 26.3. The molecule has 2 heterocycles. The molecule has 1 aromatic rings. The minimum Gasteiger partial charge on any atom is -0.465 e. The zero-order valence-electron chi connectivity index (χ0n) is 12.1. The summed E-state index contributed by atoms with van der Waals surface area (Å²) in [6.45, 7) is 1.55. The van der Waals surface area contributed by atoms with E-state index >= 15 is 0 Å². The number of hydrogen-bond donors (Lipinski definition) is 0. The lowest BCUT2D eigenvalue weighted by Crippen LogP contribution is -2.26. The summed E-state index contributed by atoms with van der Waals surface area (Å²) >= 11 is 3.52. The minimum atomic E-state index is -0.156. The van der Waals surface area contributed by atoms with E-state index in [1.165, 1.54) is 0 Å². The molecular weight excluding hydrogens is 336 g/mol. The van der Waals surface area contributed by atoms with E-state index in [0.717, 1.165) is 67.7 Å². The lowest BCUT2D eigenvalue weighted by Gasteiger charge is -2.25. The van der Waals surface area contributed by atoms with Crippen LogP contribution in [-0.4, -0.2) is 25.8 Å². The van der Waals surface area contributed by atoms with Crippen LogP contribution in [0, 0.1) is 0 Å². The highest BCUT2D eigenvalue weighted by Crippen LogP contribution is 2.32. The van der Waals surface area contributed by atoms with Crippen LogP contribution in [0.3, 0.4) is 0 Å². The zero-order chi connectivity index (χ0) is 14.5. The Morgan fingerprint density at radius 1 is 0.905 bits per heavy atom. The van der Waals surface area contributed by atoms with Gasteiger partial charge in [0.2, 0.25) is 0 Å². The first kappa shape index (κ1) is 15.1. The summed E-state index contributed by atoms with van der Waals surface area (Å²) in [5.41, 5.74) is 0. The third-order valence-corrected chi connectivity index (χ3v) is 4.36. The van der Waals surface area contributed by atoms with Crippen LogP contribution in [0.4, 0.5) is 0 Å². The van der Waals surface area contributed by atoms with Gasteiger partial charge in [-0.3, -0.25) is 0 Å². The predicted octanol–water partition coefficient (Wildman–Crippen LogP) is 4.26. The fourth-order valence-corrected chi connectivity index (χ4v) is 2.89. The van der Waals surface area contributed by atoms with Crippen LogP contribution in [0.25, 0.3) is 0 Å². The van der Waals surface area contributed by atoms with Crippen LogP contribution in [0.1, 0.15) is 38.5 Å². The lowest BCUT2D eigenvalue weighted by atomic mass is 10.2. The summed E-state index contributed by atoms with van der Waals surface area (Å²) in [6.07, 6.45) is 6.11. The van der Waals surface area contributed by atoms with Gasteiger partial charge in [-0.25, -0.2) is 0 Å². The Hall–Kier alpha value is -0.780. The van der Waals surface area contributed by atoms with Crippen molar-refractivity contribution >= 4 is 15.9 Å². The predicted molar refractivity (Wildman–Crippen MR) is 82.6 cm³/mol. The van der Waals surface area contributed by atoms with Crippen molar-refractivity contribution in [1.82, 2.24) is 0 Å². The summed E-state index contributed by atoms with van der Waals surface area (Å²) in [5.74, 6) is 1.53. The van der Waals surface area contributed by atoms with Gasteiger partial charge in [-0.15, -0.1) is 0 Å². The second-order valence-electron chi connectivity index (χ2n) is 5.42. The van der Waals surface area contributed by atoms with Crippen molar-refractivity contribution in [2.24, 2.45) is 0 Å². The van der Waals surface area contributed by atoms with E-state index < -0.39 is 0 Å². The van der Waals surface area contributed by atoms with E-state index in [4.69, 9.17) is 18.9 Å². The number of ether oxygens (including phenoxy) is 4. The van der Waals surface area contributed by atoms with Crippen LogP contribution in [0.2, 0.25) is 0 Å². The smallest absolute Gasteiger partial charge is 0.199 e. The molecule has 0 spiro atoms. The van der Waals surface area contributed by atoms with Gasteiger partial charge in [-0.1, -0.05) is 0 Å². The van der Waals surface area contributed by atoms with Crippen molar-refractivity contribution in [3.05, 3.63) is 22.7 Å². The van der Waals surface area contributed by atoms with Crippen molar-refractivity contribution < 1.29 is 18.9 Å². The first-order chi connectivity index (χ1) is 10.3. The Balaban J connectivity index is 1.63. The van der Waals surface area contributed by atoms with Gasteiger partial charge >= 0.3 is 0 Å². The molecule has 0 unspecified atom stereocenters. The van der Waals surface area contributed by atoms with E-state index in [2.05, 4.69) is 15.9 Å². The molecule has 2 aliphatic rings. The van der Waals surface area contributed by atoms with Crippen LogP contribution in [0.5, 0.6) is 11.5 Å². The summed E-state index contributed by atoms with van der Waals surface area (Å²) in [6, 6.07) is 5.77. The van der Waals surface area contributed by atoms with E-state index in [1.54, 1.807) is 0 Å². The van der Waals surface area contributed by atoms with Crippen molar-refractivity contribution in [2.45, 2.75) is 51.1 Å². The molecule has 2 atom stereocenters. The fraction of sp³-hybridized carbons (Fsp3) is 0.625. The first-order valence-electron chi connectivity index (χ1n) is 7.67. The third-order valence-electron chi connectivity index (χ3n) is 3.70. The molecule has 3 rings (SSSR count). The van der Waals surface area contributed by atoms with E-state index in [1.807, 2.05) is 18.2 Å². The Morgan fingerprint density at radius 3 is 2.19 bits per heavy atom. The summed E-state index contributed by atoms with van der Waals surface area (Å²) in [5, 5.41) is 0. The molecule has 0 aromatic heterocycles. The van der Waals surface area contributed by atoms with Crippen molar-refractivity contribution in [3.8, 4) is 11.5 Å². The molecule has 0 radical (unpaired) electrons. The molecule has 0 saturated carbocycles. The molecule has 2 fully saturated rings. The second kappa shape index (κ2) is 7.47. The van der Waals surface area contributed by atoms with Crippen molar-refractivity contribution in [3.63, 3.8) is 0 Å². The molecule has 2 saturated heterocycles. The SMILES string of the molecule is Brc1ccc(O[C@H]2CCCCO2)cc1O[C@H]1CCCCO1. The molecule has 0 aliphatic carbocycles. The first-order valence-corrected chi connectivity index (χ1v) is 8.46. The average Bonchev–Trinajstić information content (AvgIpc) is 2.53. The summed E-state index contributed by atoms with van der Waals surface area (Å²) in [7, 11) is 0. The van der Waals surface area contributed by atoms with Crippen molar-refractivity contribution in [1.29, 1.82) is 0 Å². The molecule has 0 N–H and O–H groups in total. The van der Waals surface area contributed by atoms with Crippen LogP contribution in [-0.2, 0) is 9.47 Å². The largest absolute Gasteiger partial charge is 0.465 e. The third kappa shape index (κ3) is 4.34. The van der Waals surface area contributed by atoms with E-state index in [9.17, 15) is 0 Å². The van der Waals surface area contributed by atoms with Gasteiger partial charge < -0.3 is 18.9 Å². The van der Waals surface area contributed by atoms with Gasteiger partial charge in [0.1, 0.15) is 11.5 Å². The molecule has 1 aromatic carbocycles. The van der Waals surface area contributed by atoms with E-state index in [0.29, 0.717) is 0 Å². The maximum absolute atomic E-state index is 5.93. The maximum atomic E-state index is 5.93. The highest BCUT2D eigenvalue weighted by Gasteiger charge is 2.19. The number of hydrogen-bond acceptors (Lipinski definition) is 4. The Bertz CT molecular complexity index is 454. The summed E-state index contributed by atoms with van der Waals surface area (Å²) < 4.78 is 23.9. The molecular formula is C16H21BrO4. The number of benzene rings is 1. The second-order valence-corrected chi connectivity index (χ2v) is 6.27. The molecule has 21 heavy (non-hydrogen) atoms. The van der Waals surface area contributed by atoms with Gasteiger partial charge in [-0.05, 0) is 53.7 Å². The monoisotopic (exact) mass is 356 g/mol. The van der Waals surface area contributed by atoms with E-state index in [-0.39, 0.29) is 12.6 Å². The van der Waals surface area contributed by atoms with Gasteiger partial charge in [0.25, 0.3) is 0 Å². The lowest BCUT2D eigenvalue weighted by molar-refractivity contribution is -0.109.